The highest BCUT2D eigenvalue weighted by Crippen LogP contribution is 2.13. The van der Waals surface area contributed by atoms with Crippen LogP contribution in [0.25, 0.3) is 0 Å². The lowest BCUT2D eigenvalue weighted by molar-refractivity contribution is -0.140. The van der Waals surface area contributed by atoms with Gasteiger partial charge in [-0.15, -0.1) is 0 Å². The zero-order chi connectivity index (χ0) is 14.4. The van der Waals surface area contributed by atoms with E-state index in [0.717, 1.165) is 0 Å². The second-order valence-electron chi connectivity index (χ2n) is 4.42. The van der Waals surface area contributed by atoms with Crippen LogP contribution in [0.1, 0.15) is 25.5 Å². The third kappa shape index (κ3) is 4.06. The van der Waals surface area contributed by atoms with Crippen LogP contribution in [-0.2, 0) is 9.59 Å². The summed E-state index contributed by atoms with van der Waals surface area (Å²) in [6, 6.07) is 7.40. The van der Waals surface area contributed by atoms with E-state index in [1.807, 2.05) is 13.0 Å². The lowest BCUT2D eigenvalue weighted by Crippen LogP contribution is -2.46. The summed E-state index contributed by atoms with van der Waals surface area (Å²) in [5, 5.41) is 12.1. The maximum Gasteiger partial charge on any atom is 0.325 e. The topological polar surface area (TPSA) is 69.6 Å². The van der Waals surface area contributed by atoms with Gasteiger partial charge >= 0.3 is 5.97 Å². The zero-order valence-corrected chi connectivity index (χ0v) is 11.5. The summed E-state index contributed by atoms with van der Waals surface area (Å²) in [5.74, 6) is -1.12. The van der Waals surface area contributed by atoms with Gasteiger partial charge in [-0.1, -0.05) is 30.3 Å². The largest absolute Gasteiger partial charge is 0.480 e. The van der Waals surface area contributed by atoms with E-state index in [1.54, 1.807) is 43.1 Å². The molecular weight excluding hydrogens is 244 g/mol. The van der Waals surface area contributed by atoms with Crippen LogP contribution in [0.3, 0.4) is 0 Å². The number of likely N-dealkylation sites (N-methyl/N-ethyl adjacent to an activating group) is 1. The predicted octanol–water partition coefficient (Wildman–Crippen LogP) is 1.27. The average molecular weight is 264 g/mol. The van der Waals surface area contributed by atoms with Gasteiger partial charge < -0.3 is 10.0 Å². The SMILES string of the molecule is CCN(C)C(=O)C(C)NC(C(=O)O)c1ccccc1. The second-order valence-corrected chi connectivity index (χ2v) is 4.42. The van der Waals surface area contributed by atoms with Gasteiger partial charge in [-0.25, -0.2) is 0 Å². The summed E-state index contributed by atoms with van der Waals surface area (Å²) in [6.45, 7) is 4.14. The van der Waals surface area contributed by atoms with Crippen molar-refractivity contribution >= 4 is 11.9 Å². The third-order valence-corrected chi connectivity index (χ3v) is 3.02. The number of carboxylic acids is 1. The molecule has 0 aliphatic carbocycles. The molecule has 0 saturated carbocycles. The number of hydrogen-bond donors (Lipinski definition) is 2. The quantitative estimate of drug-likeness (QED) is 0.811. The summed E-state index contributed by atoms with van der Waals surface area (Å²) in [7, 11) is 1.69. The Bertz CT molecular complexity index is 434. The van der Waals surface area contributed by atoms with E-state index in [4.69, 9.17) is 0 Å². The molecule has 0 bridgehead atoms. The first-order chi connectivity index (χ1) is 8.97. The summed E-state index contributed by atoms with van der Waals surface area (Å²) in [4.78, 5) is 24.8. The van der Waals surface area contributed by atoms with Crippen LogP contribution in [0.4, 0.5) is 0 Å². The molecule has 2 atom stereocenters. The van der Waals surface area contributed by atoms with E-state index in [2.05, 4.69) is 5.32 Å². The normalized spacial score (nSPS) is 13.6. The third-order valence-electron chi connectivity index (χ3n) is 3.02. The molecule has 104 valence electrons. The number of rotatable bonds is 6. The van der Waals surface area contributed by atoms with Gasteiger partial charge in [-0.2, -0.15) is 0 Å². The van der Waals surface area contributed by atoms with E-state index in [-0.39, 0.29) is 5.91 Å². The average Bonchev–Trinajstić information content (AvgIpc) is 2.43. The summed E-state index contributed by atoms with van der Waals surface area (Å²) >= 11 is 0. The van der Waals surface area contributed by atoms with Crippen molar-refractivity contribution in [2.24, 2.45) is 0 Å². The Morgan fingerprint density at radius 1 is 1.32 bits per heavy atom. The van der Waals surface area contributed by atoms with E-state index in [0.29, 0.717) is 12.1 Å². The van der Waals surface area contributed by atoms with Crippen LogP contribution in [-0.4, -0.2) is 41.5 Å². The number of benzene rings is 1. The number of nitrogens with zero attached hydrogens (tertiary/aromatic N) is 1. The van der Waals surface area contributed by atoms with Crippen molar-refractivity contribution in [3.8, 4) is 0 Å². The molecule has 0 aromatic heterocycles. The van der Waals surface area contributed by atoms with E-state index in [1.165, 1.54) is 0 Å². The molecule has 2 N–H and O–H groups in total. The molecule has 5 heteroatoms. The number of nitrogens with one attached hydrogen (secondary N) is 1. The van der Waals surface area contributed by atoms with Crippen molar-refractivity contribution in [1.82, 2.24) is 10.2 Å². The maximum atomic E-state index is 11.9. The highest BCUT2D eigenvalue weighted by atomic mass is 16.4. The first kappa shape index (κ1) is 15.2. The van der Waals surface area contributed by atoms with Gasteiger partial charge in [0, 0.05) is 13.6 Å². The fourth-order valence-corrected chi connectivity index (χ4v) is 1.76. The van der Waals surface area contributed by atoms with Crippen LogP contribution in [0.2, 0.25) is 0 Å². The Morgan fingerprint density at radius 2 is 1.89 bits per heavy atom. The molecule has 0 spiro atoms. The van der Waals surface area contributed by atoms with Gasteiger partial charge in [0.1, 0.15) is 6.04 Å². The number of carbonyl (C=O) groups is 2. The maximum absolute atomic E-state index is 11.9. The van der Waals surface area contributed by atoms with Crippen LogP contribution >= 0.6 is 0 Å². The number of carboxylic acid groups (broad SMARTS) is 1. The van der Waals surface area contributed by atoms with Crippen LogP contribution < -0.4 is 5.32 Å². The standard InChI is InChI=1S/C14H20N2O3/c1-4-16(3)13(17)10(2)15-12(14(18)19)11-8-6-5-7-9-11/h5-10,12,15H,4H2,1-3H3,(H,18,19). The van der Waals surface area contributed by atoms with Crippen molar-refractivity contribution in [2.45, 2.75) is 25.9 Å². The number of hydrogen-bond acceptors (Lipinski definition) is 3. The highest BCUT2D eigenvalue weighted by molar-refractivity contribution is 5.83. The summed E-state index contributed by atoms with van der Waals surface area (Å²) < 4.78 is 0. The Kier molecular flexibility index (Phi) is 5.51. The lowest BCUT2D eigenvalue weighted by atomic mass is 10.1. The molecule has 0 fully saturated rings. The summed E-state index contributed by atoms with van der Waals surface area (Å²) in [6.07, 6.45) is 0. The van der Waals surface area contributed by atoms with Crippen molar-refractivity contribution < 1.29 is 14.7 Å². The molecule has 1 aromatic carbocycles. The summed E-state index contributed by atoms with van der Waals surface area (Å²) in [5.41, 5.74) is 0.633. The van der Waals surface area contributed by atoms with Crippen molar-refractivity contribution in [2.75, 3.05) is 13.6 Å². The Hall–Kier alpha value is -1.88. The molecule has 2 unspecified atom stereocenters. The van der Waals surface area contributed by atoms with Gasteiger partial charge in [0.2, 0.25) is 5.91 Å². The molecule has 1 amide bonds. The molecule has 19 heavy (non-hydrogen) atoms. The Labute approximate surface area is 113 Å². The van der Waals surface area contributed by atoms with E-state index in [9.17, 15) is 14.7 Å². The monoisotopic (exact) mass is 264 g/mol. The molecule has 5 nitrogen and oxygen atoms in total. The van der Waals surface area contributed by atoms with Gasteiger partial charge in [-0.05, 0) is 19.4 Å². The molecule has 0 heterocycles. The van der Waals surface area contributed by atoms with Crippen LogP contribution in [0, 0.1) is 0 Å². The molecule has 0 aliphatic heterocycles. The zero-order valence-electron chi connectivity index (χ0n) is 11.5. The molecular formula is C14H20N2O3. The first-order valence-electron chi connectivity index (χ1n) is 6.26. The van der Waals surface area contributed by atoms with Gasteiger partial charge in [-0.3, -0.25) is 14.9 Å². The van der Waals surface area contributed by atoms with Crippen LogP contribution in [0.5, 0.6) is 0 Å². The number of carbonyl (C=O) groups excluding carboxylic acids is 1. The Morgan fingerprint density at radius 3 is 2.37 bits per heavy atom. The fourth-order valence-electron chi connectivity index (χ4n) is 1.76. The number of amides is 1. The predicted molar refractivity (Wildman–Crippen MR) is 72.7 cm³/mol. The second kappa shape index (κ2) is 6.89. The lowest BCUT2D eigenvalue weighted by Gasteiger charge is -2.24. The minimum Gasteiger partial charge on any atom is -0.480 e. The number of aliphatic carboxylic acids is 1. The molecule has 1 aromatic rings. The highest BCUT2D eigenvalue weighted by Gasteiger charge is 2.25. The van der Waals surface area contributed by atoms with Gasteiger partial charge in [0.15, 0.2) is 0 Å². The van der Waals surface area contributed by atoms with Crippen LogP contribution in [0.15, 0.2) is 30.3 Å². The first-order valence-corrected chi connectivity index (χ1v) is 6.26. The minimum atomic E-state index is -0.995. The Balaban J connectivity index is 2.81. The van der Waals surface area contributed by atoms with E-state index < -0.39 is 18.1 Å². The molecule has 0 saturated heterocycles. The van der Waals surface area contributed by atoms with Gasteiger partial charge in [0.05, 0.1) is 6.04 Å². The fraction of sp³-hybridized carbons (Fsp3) is 0.429. The van der Waals surface area contributed by atoms with Gasteiger partial charge in [0.25, 0.3) is 0 Å². The molecule has 0 aliphatic rings. The molecule has 0 radical (unpaired) electrons. The van der Waals surface area contributed by atoms with Crippen molar-refractivity contribution in [3.05, 3.63) is 35.9 Å². The molecule has 1 rings (SSSR count). The smallest absolute Gasteiger partial charge is 0.325 e. The van der Waals surface area contributed by atoms with Crippen molar-refractivity contribution in [1.29, 1.82) is 0 Å². The minimum absolute atomic E-state index is 0.121. The van der Waals surface area contributed by atoms with Crippen molar-refractivity contribution in [3.63, 3.8) is 0 Å². The van der Waals surface area contributed by atoms with E-state index >= 15 is 0 Å².